The molecule has 2 heterocycles. The number of fused-ring (bicyclic) bond motifs is 18. The molecule has 0 fully saturated rings. The fourth-order valence-electron chi connectivity index (χ4n) is 17.8. The van der Waals surface area contributed by atoms with Crippen molar-refractivity contribution in [3.05, 3.63) is 299 Å². The molecule has 13 aromatic rings. The van der Waals surface area contributed by atoms with Gasteiger partial charge in [-0.2, -0.15) is 0 Å². The van der Waals surface area contributed by atoms with E-state index >= 15 is 0 Å². The molecule has 0 spiro atoms. The molecule has 0 saturated carbocycles. The van der Waals surface area contributed by atoms with Gasteiger partial charge in [0.1, 0.15) is 0 Å². The first-order valence-electron chi connectivity index (χ1n) is 32.3. The monoisotopic (exact) mass is 1150 g/mol. The van der Waals surface area contributed by atoms with Crippen molar-refractivity contribution in [2.24, 2.45) is 0 Å². The number of hydrogen-bond acceptors (Lipinski definition) is 3. The molecule has 428 valence electrons. The molecule has 6 aliphatic rings. The fraction of sp³-hybridized carbons (Fsp3) is 0.140. The van der Waals surface area contributed by atoms with E-state index in [4.69, 9.17) is 0 Å². The lowest BCUT2D eigenvalue weighted by Gasteiger charge is -2.46. The van der Waals surface area contributed by atoms with Gasteiger partial charge in [-0.1, -0.05) is 237 Å². The van der Waals surface area contributed by atoms with E-state index in [1.807, 2.05) is 0 Å². The van der Waals surface area contributed by atoms with Crippen LogP contribution in [0.25, 0.3) is 66.1 Å². The van der Waals surface area contributed by atoms with Crippen LogP contribution in [-0.4, -0.2) is 6.71 Å². The molecule has 4 heteroatoms. The SMILES string of the molecule is CC1(C)c2ccccc2-c2cc(N3c4cc5c(cc4B4c6cc7c(cc6N(c6ccc8c(c6)-c6ccccc6C8(C)C)c6cc(N(c8ccc9ccccc9c8)c8ccc9ccccc9c8)cc3c64)-c3ccccc3C7(C)C)C(C)(C)c3ccccc3-5)ccc21. The fourth-order valence-corrected chi connectivity index (χ4v) is 17.8. The molecule has 0 amide bonds. The topological polar surface area (TPSA) is 9.72 Å². The molecule has 90 heavy (non-hydrogen) atoms. The maximum Gasteiger partial charge on any atom is 0.252 e. The van der Waals surface area contributed by atoms with E-state index in [0.717, 1.165) is 28.4 Å². The predicted octanol–water partition coefficient (Wildman–Crippen LogP) is 20.8. The average Bonchev–Trinajstić information content (AvgIpc) is 1.11. The van der Waals surface area contributed by atoms with Crippen LogP contribution in [0, 0.1) is 0 Å². The largest absolute Gasteiger partial charge is 0.311 e. The molecule has 19 rings (SSSR count). The van der Waals surface area contributed by atoms with Gasteiger partial charge in [0, 0.05) is 67.2 Å². The highest BCUT2D eigenvalue weighted by molar-refractivity contribution is 7.00. The van der Waals surface area contributed by atoms with Crippen LogP contribution in [-0.2, 0) is 21.7 Å². The second-order valence-electron chi connectivity index (χ2n) is 28.5. The van der Waals surface area contributed by atoms with Gasteiger partial charge in [-0.3, -0.25) is 0 Å². The lowest BCUT2D eigenvalue weighted by Crippen LogP contribution is -2.61. The first kappa shape index (κ1) is 51.8. The van der Waals surface area contributed by atoms with Crippen LogP contribution < -0.4 is 31.1 Å². The summed E-state index contributed by atoms with van der Waals surface area (Å²) < 4.78 is 0. The van der Waals surface area contributed by atoms with Gasteiger partial charge in [-0.15, -0.1) is 0 Å². The van der Waals surface area contributed by atoms with Gasteiger partial charge in [0.2, 0.25) is 0 Å². The van der Waals surface area contributed by atoms with Crippen LogP contribution in [0.4, 0.5) is 51.2 Å². The second kappa shape index (κ2) is 17.8. The molecule has 0 unspecified atom stereocenters. The quantitative estimate of drug-likeness (QED) is 0.159. The summed E-state index contributed by atoms with van der Waals surface area (Å²) in [5.41, 5.74) is 35.0. The molecule has 0 atom stereocenters. The molecule has 3 nitrogen and oxygen atoms in total. The lowest BCUT2D eigenvalue weighted by atomic mass is 9.33. The van der Waals surface area contributed by atoms with Gasteiger partial charge < -0.3 is 14.7 Å². The first-order valence-corrected chi connectivity index (χ1v) is 32.3. The Bertz CT molecular complexity index is 5040. The summed E-state index contributed by atoms with van der Waals surface area (Å²) in [6, 6.07) is 98.7. The van der Waals surface area contributed by atoms with Crippen molar-refractivity contribution in [3.63, 3.8) is 0 Å². The number of hydrogen-bond donors (Lipinski definition) is 0. The van der Waals surface area contributed by atoms with Crippen molar-refractivity contribution in [1.29, 1.82) is 0 Å². The van der Waals surface area contributed by atoms with E-state index in [1.165, 1.54) is 150 Å². The smallest absolute Gasteiger partial charge is 0.252 e. The molecular weight excluding hydrogens is 1090 g/mol. The van der Waals surface area contributed by atoms with Crippen LogP contribution in [0.1, 0.15) is 99.9 Å². The van der Waals surface area contributed by atoms with E-state index in [-0.39, 0.29) is 28.4 Å². The normalized spacial score (nSPS) is 16.1. The third kappa shape index (κ3) is 6.81. The van der Waals surface area contributed by atoms with Crippen molar-refractivity contribution < 1.29 is 0 Å². The molecule has 0 saturated heterocycles. The minimum absolute atomic E-state index is 0.144. The standard InChI is InChI=1S/C86H66BN3/c1-83(2)68-29-17-13-25-60(68)64-43-57(37-39-72(64)83)89-78-47-66-62-27-15-19-31-70(62)85(5,6)74(66)49-76(78)87-77-50-75-67(63-28-16-20-32-71(63)86(75,7)8)48-79(77)90(58-38-40-73-65(44-58)61-26-14-18-30-69(61)84(73,3)4)81-46-59(45-80(89)82(81)87)88(55-35-33-51-21-9-11-23-53(51)41-55)56-36-34-52-22-10-12-24-54(52)42-56/h9-50H,1-8H3. The molecule has 0 radical (unpaired) electrons. The minimum atomic E-state index is -0.235. The van der Waals surface area contributed by atoms with Crippen LogP contribution in [0.15, 0.2) is 255 Å². The maximum absolute atomic E-state index is 2.69. The Morgan fingerprint density at radius 2 is 0.589 bits per heavy atom. The van der Waals surface area contributed by atoms with Crippen molar-refractivity contribution in [2.75, 3.05) is 14.7 Å². The zero-order valence-corrected chi connectivity index (χ0v) is 52.2. The van der Waals surface area contributed by atoms with Gasteiger partial charge in [-0.05, 0) is 200 Å². The Balaban J connectivity index is 0.974. The molecule has 0 N–H and O–H groups in total. The van der Waals surface area contributed by atoms with Crippen LogP contribution in [0.3, 0.4) is 0 Å². The Kier molecular flexibility index (Phi) is 10.3. The summed E-state index contributed by atoms with van der Waals surface area (Å²) in [6.07, 6.45) is 0. The summed E-state index contributed by atoms with van der Waals surface area (Å²) in [7, 11) is 0. The molecule has 0 bridgehead atoms. The second-order valence-corrected chi connectivity index (χ2v) is 28.5. The van der Waals surface area contributed by atoms with Crippen LogP contribution in [0.2, 0.25) is 0 Å². The summed E-state index contributed by atoms with van der Waals surface area (Å²) in [6.45, 7) is 19.2. The van der Waals surface area contributed by atoms with E-state index in [0.29, 0.717) is 0 Å². The summed E-state index contributed by atoms with van der Waals surface area (Å²) >= 11 is 0. The average molecular weight is 1150 g/mol. The third-order valence-electron chi connectivity index (χ3n) is 22.3. The highest BCUT2D eigenvalue weighted by Crippen LogP contribution is 2.58. The van der Waals surface area contributed by atoms with Crippen molar-refractivity contribution in [2.45, 2.75) is 77.0 Å². The Hall–Kier alpha value is -10.2. The Labute approximate surface area is 528 Å². The zero-order valence-electron chi connectivity index (χ0n) is 52.2. The lowest BCUT2D eigenvalue weighted by molar-refractivity contribution is 0.660. The van der Waals surface area contributed by atoms with E-state index in [9.17, 15) is 0 Å². The molecule has 13 aromatic carbocycles. The Morgan fingerprint density at radius 3 is 0.989 bits per heavy atom. The number of anilines is 9. The van der Waals surface area contributed by atoms with Gasteiger partial charge in [0.15, 0.2) is 0 Å². The zero-order chi connectivity index (χ0) is 60.5. The van der Waals surface area contributed by atoms with E-state index in [2.05, 4.69) is 325 Å². The van der Waals surface area contributed by atoms with E-state index in [1.54, 1.807) is 0 Å². The van der Waals surface area contributed by atoms with Gasteiger partial charge in [-0.25, -0.2) is 0 Å². The predicted molar refractivity (Wildman–Crippen MR) is 380 cm³/mol. The van der Waals surface area contributed by atoms with Crippen molar-refractivity contribution in [3.8, 4) is 44.5 Å². The molecule has 4 aliphatic carbocycles. The van der Waals surface area contributed by atoms with Gasteiger partial charge >= 0.3 is 0 Å². The van der Waals surface area contributed by atoms with Crippen LogP contribution in [0.5, 0.6) is 0 Å². The summed E-state index contributed by atoms with van der Waals surface area (Å²) in [5, 5.41) is 4.82. The first-order chi connectivity index (χ1) is 43.6. The molecule has 2 aliphatic heterocycles. The Morgan fingerprint density at radius 1 is 0.256 bits per heavy atom. The number of benzene rings is 13. The van der Waals surface area contributed by atoms with Gasteiger partial charge in [0.25, 0.3) is 6.71 Å². The third-order valence-corrected chi connectivity index (χ3v) is 22.3. The van der Waals surface area contributed by atoms with Gasteiger partial charge in [0.05, 0.1) is 5.69 Å². The summed E-state index contributed by atoms with van der Waals surface area (Å²) in [5.74, 6) is 0. The molecule has 0 aromatic heterocycles. The maximum atomic E-state index is 2.69. The van der Waals surface area contributed by atoms with Crippen molar-refractivity contribution in [1.82, 2.24) is 0 Å². The van der Waals surface area contributed by atoms with Crippen LogP contribution >= 0.6 is 0 Å². The highest BCUT2D eigenvalue weighted by Gasteiger charge is 2.49. The number of nitrogens with zero attached hydrogens (tertiary/aromatic N) is 3. The van der Waals surface area contributed by atoms with E-state index < -0.39 is 0 Å². The molecular formula is C86H66BN3. The van der Waals surface area contributed by atoms with Crippen molar-refractivity contribution >= 4 is 95.8 Å². The summed E-state index contributed by atoms with van der Waals surface area (Å²) in [4.78, 5) is 7.92. The number of rotatable bonds is 5. The minimum Gasteiger partial charge on any atom is -0.311 e. The highest BCUT2D eigenvalue weighted by atomic mass is 15.2.